The van der Waals surface area contributed by atoms with Gasteiger partial charge in [0.25, 0.3) is 0 Å². The molecule has 0 nitrogen and oxygen atoms in total. The third-order valence-electron chi connectivity index (χ3n) is 4.42. The quantitative estimate of drug-likeness (QED) is 0.396. The molecule has 0 bridgehead atoms. The molecule has 0 saturated carbocycles. The zero-order valence-electron chi connectivity index (χ0n) is 12.9. The molecule has 2 unspecified atom stereocenters. The summed E-state index contributed by atoms with van der Waals surface area (Å²) in [6.45, 7) is 15.8. The van der Waals surface area contributed by atoms with Crippen LogP contribution in [0, 0.1) is 17.3 Å². The van der Waals surface area contributed by atoms with Crippen LogP contribution in [0.3, 0.4) is 0 Å². The number of allylic oxidation sites excluding steroid dienone is 1. The summed E-state index contributed by atoms with van der Waals surface area (Å²) in [5.41, 5.74) is 0.358. The molecule has 0 spiro atoms. The zero-order chi connectivity index (χ0) is 13.3. The van der Waals surface area contributed by atoms with Gasteiger partial charge in [0.1, 0.15) is 0 Å². The van der Waals surface area contributed by atoms with Crippen LogP contribution < -0.4 is 0 Å². The summed E-state index contributed by atoms with van der Waals surface area (Å²) in [5, 5.41) is 0. The molecule has 17 heavy (non-hydrogen) atoms. The van der Waals surface area contributed by atoms with Crippen molar-refractivity contribution in [1.29, 1.82) is 0 Å². The molecule has 0 heteroatoms. The Kier molecular flexibility index (Phi) is 8.64. The van der Waals surface area contributed by atoms with Gasteiger partial charge >= 0.3 is 0 Å². The van der Waals surface area contributed by atoms with Gasteiger partial charge in [-0.3, -0.25) is 0 Å². The van der Waals surface area contributed by atoms with E-state index in [1.165, 1.54) is 44.9 Å². The van der Waals surface area contributed by atoms with Crippen LogP contribution in [-0.2, 0) is 0 Å². The van der Waals surface area contributed by atoms with Gasteiger partial charge in [0, 0.05) is 0 Å². The molecule has 0 radical (unpaired) electrons. The molecule has 0 aliphatic carbocycles. The lowest BCUT2D eigenvalue weighted by Crippen LogP contribution is -2.23. The van der Waals surface area contributed by atoms with Crippen LogP contribution in [0.5, 0.6) is 0 Å². The lowest BCUT2D eigenvalue weighted by Gasteiger charge is -2.34. The average molecular weight is 238 g/mol. The monoisotopic (exact) mass is 238 g/mol. The van der Waals surface area contributed by atoms with Crippen molar-refractivity contribution < 1.29 is 0 Å². The van der Waals surface area contributed by atoms with Crippen LogP contribution in [0.25, 0.3) is 0 Å². The van der Waals surface area contributed by atoms with E-state index in [1.807, 2.05) is 0 Å². The van der Waals surface area contributed by atoms with Gasteiger partial charge < -0.3 is 0 Å². The van der Waals surface area contributed by atoms with Crippen LogP contribution in [0.1, 0.15) is 79.6 Å². The van der Waals surface area contributed by atoms with Crippen LogP contribution >= 0.6 is 0 Å². The van der Waals surface area contributed by atoms with Gasteiger partial charge in [0.15, 0.2) is 0 Å². The van der Waals surface area contributed by atoms with E-state index in [4.69, 9.17) is 0 Å². The number of rotatable bonds is 10. The standard InChI is InChI=1S/C17H34/c1-7-12-16(15(9-3)10-4)14-17(6,11-5)13-8-2/h11,15-16H,5,7-10,12-14H2,1-4,6H3. The molecule has 0 aliphatic heterocycles. The fourth-order valence-electron chi connectivity index (χ4n) is 3.29. The minimum atomic E-state index is 0.358. The lowest BCUT2D eigenvalue weighted by atomic mass is 9.71. The van der Waals surface area contributed by atoms with Gasteiger partial charge in [-0.1, -0.05) is 72.8 Å². The highest BCUT2D eigenvalue weighted by molar-refractivity contribution is 4.93. The summed E-state index contributed by atoms with van der Waals surface area (Å²) >= 11 is 0. The van der Waals surface area contributed by atoms with Crippen molar-refractivity contribution in [2.75, 3.05) is 0 Å². The van der Waals surface area contributed by atoms with Crippen LogP contribution in [-0.4, -0.2) is 0 Å². The molecule has 102 valence electrons. The Morgan fingerprint density at radius 3 is 1.94 bits per heavy atom. The maximum absolute atomic E-state index is 4.08. The highest BCUT2D eigenvalue weighted by Crippen LogP contribution is 2.38. The van der Waals surface area contributed by atoms with Gasteiger partial charge in [0.2, 0.25) is 0 Å². The first-order chi connectivity index (χ1) is 8.06. The first kappa shape index (κ1) is 16.7. The second-order valence-electron chi connectivity index (χ2n) is 5.94. The topological polar surface area (TPSA) is 0 Å². The van der Waals surface area contributed by atoms with Crippen molar-refractivity contribution >= 4 is 0 Å². The lowest BCUT2D eigenvalue weighted by molar-refractivity contribution is 0.198. The molecule has 0 rings (SSSR count). The molecule has 0 heterocycles. The van der Waals surface area contributed by atoms with E-state index >= 15 is 0 Å². The Morgan fingerprint density at radius 1 is 1.00 bits per heavy atom. The maximum atomic E-state index is 4.08. The minimum absolute atomic E-state index is 0.358. The first-order valence-electron chi connectivity index (χ1n) is 7.70. The molecule has 2 atom stereocenters. The molecule has 0 aliphatic rings. The summed E-state index contributed by atoms with van der Waals surface area (Å²) in [6.07, 6.45) is 11.5. The molecule has 0 aromatic rings. The fourth-order valence-corrected chi connectivity index (χ4v) is 3.29. The number of hydrogen-bond acceptors (Lipinski definition) is 0. The van der Waals surface area contributed by atoms with Gasteiger partial charge in [-0.2, -0.15) is 0 Å². The highest BCUT2D eigenvalue weighted by atomic mass is 14.3. The summed E-state index contributed by atoms with van der Waals surface area (Å²) in [5.74, 6) is 1.80. The second-order valence-corrected chi connectivity index (χ2v) is 5.94. The summed E-state index contributed by atoms with van der Waals surface area (Å²) in [4.78, 5) is 0. The van der Waals surface area contributed by atoms with Crippen molar-refractivity contribution in [3.8, 4) is 0 Å². The van der Waals surface area contributed by atoms with Gasteiger partial charge in [-0.15, -0.1) is 6.58 Å². The molecular formula is C17H34. The van der Waals surface area contributed by atoms with E-state index < -0.39 is 0 Å². The third-order valence-corrected chi connectivity index (χ3v) is 4.42. The molecule has 0 fully saturated rings. The molecule has 0 amide bonds. The van der Waals surface area contributed by atoms with E-state index in [0.717, 1.165) is 11.8 Å². The Morgan fingerprint density at radius 2 is 1.59 bits per heavy atom. The van der Waals surface area contributed by atoms with Gasteiger partial charge in [-0.05, 0) is 30.1 Å². The average Bonchev–Trinajstić information content (AvgIpc) is 2.31. The largest absolute Gasteiger partial charge is 0.103 e. The Labute approximate surface area is 110 Å². The minimum Gasteiger partial charge on any atom is -0.103 e. The number of hydrogen-bond donors (Lipinski definition) is 0. The summed E-state index contributed by atoms with van der Waals surface area (Å²) < 4.78 is 0. The molecular weight excluding hydrogens is 204 g/mol. The van der Waals surface area contributed by atoms with Crippen molar-refractivity contribution in [1.82, 2.24) is 0 Å². The summed E-state index contributed by atoms with van der Waals surface area (Å²) in [7, 11) is 0. The third kappa shape index (κ3) is 5.75. The van der Waals surface area contributed by atoms with Crippen molar-refractivity contribution in [2.45, 2.75) is 79.6 Å². The highest BCUT2D eigenvalue weighted by Gasteiger charge is 2.27. The van der Waals surface area contributed by atoms with Crippen molar-refractivity contribution in [2.24, 2.45) is 17.3 Å². The fraction of sp³-hybridized carbons (Fsp3) is 0.882. The smallest absolute Gasteiger partial charge is 0.0147 e. The van der Waals surface area contributed by atoms with E-state index in [1.54, 1.807) is 0 Å². The van der Waals surface area contributed by atoms with Crippen LogP contribution in [0.4, 0.5) is 0 Å². The van der Waals surface area contributed by atoms with Crippen molar-refractivity contribution in [3.05, 3.63) is 12.7 Å². The molecule has 0 aromatic heterocycles. The predicted octanol–water partition coefficient (Wildman–Crippen LogP) is 6.22. The van der Waals surface area contributed by atoms with Crippen LogP contribution in [0.15, 0.2) is 12.7 Å². The van der Waals surface area contributed by atoms with E-state index in [-0.39, 0.29) is 0 Å². The van der Waals surface area contributed by atoms with Crippen LogP contribution in [0.2, 0.25) is 0 Å². The Hall–Kier alpha value is -0.260. The second kappa shape index (κ2) is 8.78. The normalized spacial score (nSPS) is 16.8. The summed E-state index contributed by atoms with van der Waals surface area (Å²) in [6, 6.07) is 0. The van der Waals surface area contributed by atoms with Gasteiger partial charge in [0.05, 0.1) is 0 Å². The van der Waals surface area contributed by atoms with E-state index in [9.17, 15) is 0 Å². The van der Waals surface area contributed by atoms with Gasteiger partial charge in [-0.25, -0.2) is 0 Å². The van der Waals surface area contributed by atoms with Crippen molar-refractivity contribution in [3.63, 3.8) is 0 Å². The van der Waals surface area contributed by atoms with E-state index in [0.29, 0.717) is 5.41 Å². The molecule has 0 saturated heterocycles. The maximum Gasteiger partial charge on any atom is -0.0147 e. The zero-order valence-corrected chi connectivity index (χ0v) is 12.9. The molecule has 0 N–H and O–H groups in total. The predicted molar refractivity (Wildman–Crippen MR) is 80.3 cm³/mol. The molecule has 0 aromatic carbocycles. The first-order valence-corrected chi connectivity index (χ1v) is 7.70. The Bertz CT molecular complexity index is 190. The van der Waals surface area contributed by atoms with E-state index in [2.05, 4.69) is 47.3 Å². The Balaban J connectivity index is 4.64. The SMILES string of the molecule is C=CC(C)(CCC)CC(CCC)C(CC)CC.